The Morgan fingerprint density at radius 2 is 1.87 bits per heavy atom. The van der Waals surface area contributed by atoms with Crippen LogP contribution in [0.25, 0.3) is 11.3 Å². The minimum absolute atomic E-state index is 0.142. The number of carbonyl (C=O) groups excluding carboxylic acids is 2. The molecule has 7 nitrogen and oxygen atoms in total. The highest BCUT2D eigenvalue weighted by molar-refractivity contribution is 7.09. The standard InChI is InChI=1S/C30H38N4O3S/c1-21-33-28(20-38-21)23-9-6-10-24(19-23)29(35)34-27(16-11-22-7-4-3-5-8-22)30(36)32-18-17-31-25-12-14-26(37-2)15-13-25/h6,9-10,12-15,19-20,22,27,31H,3-5,7-8,11,16-18H2,1-2H3,(H,32,36)(H,34,35)/t27-/m0/s1. The molecule has 3 N–H and O–H groups in total. The molecule has 3 aromatic rings. The molecule has 1 fully saturated rings. The minimum atomic E-state index is -0.574. The number of carbonyl (C=O) groups is 2. The molecule has 1 atom stereocenters. The zero-order valence-corrected chi connectivity index (χ0v) is 23.1. The normalized spacial score (nSPS) is 14.5. The van der Waals surface area contributed by atoms with Gasteiger partial charge in [0.25, 0.3) is 5.91 Å². The molecule has 38 heavy (non-hydrogen) atoms. The van der Waals surface area contributed by atoms with Crippen molar-refractivity contribution in [1.29, 1.82) is 0 Å². The molecule has 8 heteroatoms. The van der Waals surface area contributed by atoms with Gasteiger partial charge < -0.3 is 20.7 Å². The van der Waals surface area contributed by atoms with Gasteiger partial charge in [0.05, 0.1) is 17.8 Å². The van der Waals surface area contributed by atoms with Gasteiger partial charge in [-0.3, -0.25) is 9.59 Å². The Morgan fingerprint density at radius 1 is 1.08 bits per heavy atom. The largest absolute Gasteiger partial charge is 0.497 e. The van der Waals surface area contributed by atoms with Crippen molar-refractivity contribution in [3.63, 3.8) is 0 Å². The van der Waals surface area contributed by atoms with Gasteiger partial charge in [0.15, 0.2) is 0 Å². The number of methoxy groups -OCH3 is 1. The molecule has 0 aliphatic heterocycles. The molecule has 1 aromatic heterocycles. The van der Waals surface area contributed by atoms with Crippen molar-refractivity contribution in [2.45, 2.75) is 57.9 Å². The van der Waals surface area contributed by atoms with E-state index in [1.165, 1.54) is 32.1 Å². The molecule has 0 bridgehead atoms. The van der Waals surface area contributed by atoms with Gasteiger partial charge in [-0.2, -0.15) is 0 Å². The zero-order valence-electron chi connectivity index (χ0n) is 22.3. The van der Waals surface area contributed by atoms with Gasteiger partial charge in [-0.25, -0.2) is 4.98 Å². The fraction of sp³-hybridized carbons (Fsp3) is 0.433. The summed E-state index contributed by atoms with van der Waals surface area (Å²) in [5.41, 5.74) is 3.25. The number of anilines is 1. The first-order valence-corrected chi connectivity index (χ1v) is 14.4. The van der Waals surface area contributed by atoms with Crippen LogP contribution in [0.1, 0.15) is 60.3 Å². The van der Waals surface area contributed by atoms with E-state index in [2.05, 4.69) is 20.9 Å². The maximum Gasteiger partial charge on any atom is 0.251 e. The summed E-state index contributed by atoms with van der Waals surface area (Å²) in [6.45, 7) is 3.00. The van der Waals surface area contributed by atoms with Crippen molar-refractivity contribution in [2.24, 2.45) is 5.92 Å². The predicted molar refractivity (Wildman–Crippen MR) is 154 cm³/mol. The first-order chi connectivity index (χ1) is 18.5. The lowest BCUT2D eigenvalue weighted by Gasteiger charge is -2.24. The highest BCUT2D eigenvalue weighted by atomic mass is 32.1. The van der Waals surface area contributed by atoms with Gasteiger partial charge in [-0.05, 0) is 62.1 Å². The van der Waals surface area contributed by atoms with Crippen LogP contribution in [0.15, 0.2) is 53.9 Å². The smallest absolute Gasteiger partial charge is 0.251 e. The predicted octanol–water partition coefficient (Wildman–Crippen LogP) is 5.81. The molecule has 202 valence electrons. The first kappa shape index (κ1) is 27.6. The van der Waals surface area contributed by atoms with Crippen molar-refractivity contribution >= 4 is 28.8 Å². The highest BCUT2D eigenvalue weighted by Gasteiger charge is 2.24. The summed E-state index contributed by atoms with van der Waals surface area (Å²) in [5.74, 6) is 1.05. The van der Waals surface area contributed by atoms with E-state index in [-0.39, 0.29) is 11.8 Å². The van der Waals surface area contributed by atoms with E-state index in [0.29, 0.717) is 31.0 Å². The number of ether oxygens (including phenoxy) is 1. The van der Waals surface area contributed by atoms with Crippen LogP contribution in [0, 0.1) is 12.8 Å². The zero-order chi connectivity index (χ0) is 26.7. The molecule has 1 heterocycles. The van der Waals surface area contributed by atoms with Crippen LogP contribution in [0.3, 0.4) is 0 Å². The number of hydrogen-bond acceptors (Lipinski definition) is 6. The van der Waals surface area contributed by atoms with Crippen LogP contribution in [0.2, 0.25) is 0 Å². The number of hydrogen-bond donors (Lipinski definition) is 3. The third-order valence-corrected chi connectivity index (χ3v) is 7.87. The van der Waals surface area contributed by atoms with E-state index >= 15 is 0 Å². The number of benzene rings is 2. The topological polar surface area (TPSA) is 92.4 Å². The fourth-order valence-corrected chi connectivity index (χ4v) is 5.55. The summed E-state index contributed by atoms with van der Waals surface area (Å²) in [7, 11) is 1.64. The molecule has 1 aliphatic rings. The van der Waals surface area contributed by atoms with Gasteiger partial charge >= 0.3 is 0 Å². The molecule has 0 radical (unpaired) electrons. The van der Waals surface area contributed by atoms with Crippen molar-refractivity contribution in [3.05, 3.63) is 64.5 Å². The van der Waals surface area contributed by atoms with E-state index in [1.54, 1.807) is 24.5 Å². The Hall–Kier alpha value is -3.39. The van der Waals surface area contributed by atoms with Gasteiger partial charge in [0.1, 0.15) is 11.8 Å². The SMILES string of the molecule is COc1ccc(NCCNC(=O)[C@H](CCC2CCCCC2)NC(=O)c2cccc(-c3csc(C)n3)c2)cc1. The summed E-state index contributed by atoms with van der Waals surface area (Å²) in [4.78, 5) is 31.0. The van der Waals surface area contributed by atoms with Crippen molar-refractivity contribution < 1.29 is 14.3 Å². The fourth-order valence-electron chi connectivity index (χ4n) is 4.93. The van der Waals surface area contributed by atoms with Crippen LogP contribution in [-0.4, -0.2) is 43.0 Å². The number of nitrogens with one attached hydrogen (secondary N) is 3. The Kier molecular flexibility index (Phi) is 10.1. The maximum absolute atomic E-state index is 13.2. The van der Waals surface area contributed by atoms with E-state index in [4.69, 9.17) is 4.74 Å². The van der Waals surface area contributed by atoms with Crippen LogP contribution >= 0.6 is 11.3 Å². The number of amides is 2. The van der Waals surface area contributed by atoms with E-state index in [0.717, 1.165) is 34.1 Å². The molecule has 0 unspecified atom stereocenters. The van der Waals surface area contributed by atoms with Gasteiger partial charge in [-0.1, -0.05) is 44.2 Å². The van der Waals surface area contributed by atoms with Crippen molar-refractivity contribution in [1.82, 2.24) is 15.6 Å². The third-order valence-electron chi connectivity index (χ3n) is 7.09. The van der Waals surface area contributed by atoms with Gasteiger partial charge in [-0.15, -0.1) is 11.3 Å². The van der Waals surface area contributed by atoms with Crippen LogP contribution in [-0.2, 0) is 4.79 Å². The molecule has 1 saturated carbocycles. The average molecular weight is 535 g/mol. The summed E-state index contributed by atoms with van der Waals surface area (Å²) in [5, 5.41) is 12.3. The molecular weight excluding hydrogens is 496 g/mol. The lowest BCUT2D eigenvalue weighted by molar-refractivity contribution is -0.123. The number of thiazole rings is 1. The number of nitrogens with zero attached hydrogens (tertiary/aromatic N) is 1. The van der Waals surface area contributed by atoms with E-state index in [1.807, 2.05) is 54.8 Å². The average Bonchev–Trinajstić information content (AvgIpc) is 3.40. The van der Waals surface area contributed by atoms with Crippen LogP contribution in [0.4, 0.5) is 5.69 Å². The molecule has 0 spiro atoms. The van der Waals surface area contributed by atoms with E-state index < -0.39 is 6.04 Å². The summed E-state index contributed by atoms with van der Waals surface area (Å²) < 4.78 is 5.19. The van der Waals surface area contributed by atoms with Crippen LogP contribution < -0.4 is 20.7 Å². The lowest BCUT2D eigenvalue weighted by atomic mass is 9.85. The molecule has 0 saturated heterocycles. The first-order valence-electron chi connectivity index (χ1n) is 13.5. The number of rotatable bonds is 12. The lowest BCUT2D eigenvalue weighted by Crippen LogP contribution is -2.47. The van der Waals surface area contributed by atoms with Crippen LogP contribution in [0.5, 0.6) is 5.75 Å². The quantitative estimate of drug-likeness (QED) is 0.255. The Bertz CT molecular complexity index is 1190. The molecule has 2 amide bonds. The van der Waals surface area contributed by atoms with Crippen molar-refractivity contribution in [3.8, 4) is 17.0 Å². The summed E-state index contributed by atoms with van der Waals surface area (Å²) >= 11 is 1.58. The highest BCUT2D eigenvalue weighted by Crippen LogP contribution is 2.28. The maximum atomic E-state index is 13.2. The summed E-state index contributed by atoms with van der Waals surface area (Å²) in [6, 6.07) is 14.5. The second kappa shape index (κ2) is 14.0. The van der Waals surface area contributed by atoms with Crippen molar-refractivity contribution in [2.75, 3.05) is 25.5 Å². The number of aromatic nitrogens is 1. The molecule has 2 aromatic carbocycles. The molecule has 4 rings (SSSR count). The van der Waals surface area contributed by atoms with E-state index in [9.17, 15) is 9.59 Å². The third kappa shape index (κ3) is 8.05. The monoisotopic (exact) mass is 534 g/mol. The minimum Gasteiger partial charge on any atom is -0.497 e. The number of aryl methyl sites for hydroxylation is 1. The summed E-state index contributed by atoms with van der Waals surface area (Å²) in [6.07, 6.45) is 7.82. The van der Waals surface area contributed by atoms with Gasteiger partial charge in [0.2, 0.25) is 5.91 Å². The van der Waals surface area contributed by atoms with Gasteiger partial charge in [0, 0.05) is 35.3 Å². The molecular formula is C30H38N4O3S. The Labute approximate surface area is 229 Å². The molecule has 1 aliphatic carbocycles. The Morgan fingerprint density at radius 3 is 2.58 bits per heavy atom. The second-order valence-corrected chi connectivity index (χ2v) is 10.9. The Balaban J connectivity index is 1.35. The second-order valence-electron chi connectivity index (χ2n) is 9.89.